The van der Waals surface area contributed by atoms with Gasteiger partial charge in [-0.25, -0.2) is 0 Å². The number of carbonyl (C=O) groups excluding carboxylic acids is 2. The Labute approximate surface area is 120 Å². The van der Waals surface area contributed by atoms with Crippen LogP contribution in [-0.2, 0) is 20.9 Å². The van der Waals surface area contributed by atoms with Crippen LogP contribution in [0.15, 0.2) is 12.4 Å². The summed E-state index contributed by atoms with van der Waals surface area (Å²) in [5.74, 6) is -0.712. The predicted octanol–water partition coefficient (Wildman–Crippen LogP) is 0.347. The van der Waals surface area contributed by atoms with Crippen LogP contribution in [0, 0.1) is 10.1 Å². The van der Waals surface area contributed by atoms with Gasteiger partial charge in [0.15, 0.2) is 6.61 Å². The topological polar surface area (TPSA) is 108 Å². The zero-order valence-electron chi connectivity index (χ0n) is 11.4. The second-order valence-electron chi connectivity index (χ2n) is 4.72. The zero-order valence-corrected chi connectivity index (χ0v) is 11.4. The van der Waals surface area contributed by atoms with Crippen LogP contribution in [0.3, 0.4) is 0 Å². The van der Waals surface area contributed by atoms with Crippen molar-refractivity contribution < 1.29 is 19.2 Å². The van der Waals surface area contributed by atoms with Gasteiger partial charge in [-0.15, -0.1) is 0 Å². The third-order valence-corrected chi connectivity index (χ3v) is 3.19. The van der Waals surface area contributed by atoms with Gasteiger partial charge in [0.25, 0.3) is 5.91 Å². The highest BCUT2D eigenvalue weighted by molar-refractivity contribution is 5.80. The number of carbonyl (C=O) groups is 2. The summed E-state index contributed by atoms with van der Waals surface area (Å²) >= 11 is 0. The average molecular weight is 296 g/mol. The normalized spacial score (nSPS) is 14.2. The Morgan fingerprint density at radius 1 is 1.38 bits per heavy atom. The molecule has 2 rings (SSSR count). The molecule has 0 atom stereocenters. The third kappa shape index (κ3) is 4.26. The van der Waals surface area contributed by atoms with E-state index in [1.165, 1.54) is 10.9 Å². The Hall–Kier alpha value is -2.45. The van der Waals surface area contributed by atoms with Gasteiger partial charge in [-0.2, -0.15) is 5.10 Å². The van der Waals surface area contributed by atoms with Crippen molar-refractivity contribution in [2.45, 2.75) is 25.8 Å². The summed E-state index contributed by atoms with van der Waals surface area (Å²) in [6.07, 6.45) is 4.33. The molecule has 1 fully saturated rings. The molecule has 0 bridgehead atoms. The minimum Gasteiger partial charge on any atom is -0.456 e. The molecule has 114 valence electrons. The van der Waals surface area contributed by atoms with Crippen LogP contribution in [0.4, 0.5) is 5.69 Å². The molecule has 0 aliphatic carbocycles. The Morgan fingerprint density at radius 2 is 2.10 bits per heavy atom. The molecule has 1 aromatic heterocycles. The van der Waals surface area contributed by atoms with Gasteiger partial charge in [0.1, 0.15) is 12.4 Å². The summed E-state index contributed by atoms with van der Waals surface area (Å²) in [7, 11) is 0. The average Bonchev–Trinajstić information content (AvgIpc) is 3.13. The molecule has 1 aliphatic heterocycles. The van der Waals surface area contributed by atoms with Gasteiger partial charge >= 0.3 is 11.7 Å². The third-order valence-electron chi connectivity index (χ3n) is 3.19. The van der Waals surface area contributed by atoms with Crippen molar-refractivity contribution in [2.75, 3.05) is 19.7 Å². The van der Waals surface area contributed by atoms with E-state index >= 15 is 0 Å². The highest BCUT2D eigenvalue weighted by Crippen LogP contribution is 2.09. The van der Waals surface area contributed by atoms with Crippen molar-refractivity contribution in [1.29, 1.82) is 0 Å². The molecule has 1 aromatic rings. The standard InChI is InChI=1S/C12H16N4O5/c17-11(14-4-1-2-5-14)9-21-12(18)3-6-15-8-10(7-13-15)16(19)20/h7-8H,1-6,9H2. The van der Waals surface area contributed by atoms with Crippen molar-refractivity contribution >= 4 is 17.6 Å². The van der Waals surface area contributed by atoms with Gasteiger partial charge in [-0.3, -0.25) is 24.4 Å². The van der Waals surface area contributed by atoms with Crippen LogP contribution in [-0.4, -0.2) is 51.2 Å². The molecule has 2 heterocycles. The van der Waals surface area contributed by atoms with E-state index < -0.39 is 10.9 Å². The van der Waals surface area contributed by atoms with E-state index in [0.29, 0.717) is 13.1 Å². The van der Waals surface area contributed by atoms with Crippen LogP contribution in [0.1, 0.15) is 19.3 Å². The van der Waals surface area contributed by atoms with Crippen molar-refractivity contribution in [3.8, 4) is 0 Å². The molecule has 9 nitrogen and oxygen atoms in total. The molecule has 1 amide bonds. The van der Waals surface area contributed by atoms with E-state index in [1.54, 1.807) is 4.90 Å². The van der Waals surface area contributed by atoms with Crippen LogP contribution in [0.2, 0.25) is 0 Å². The number of aryl methyl sites for hydroxylation is 1. The number of nitro groups is 1. The lowest BCUT2D eigenvalue weighted by atomic mass is 10.4. The predicted molar refractivity (Wildman–Crippen MR) is 70.3 cm³/mol. The van der Waals surface area contributed by atoms with E-state index in [2.05, 4.69) is 5.10 Å². The van der Waals surface area contributed by atoms with Crippen LogP contribution in [0.5, 0.6) is 0 Å². The van der Waals surface area contributed by atoms with Crippen molar-refractivity contribution in [3.63, 3.8) is 0 Å². The minimum atomic E-state index is -0.559. The van der Waals surface area contributed by atoms with Crippen molar-refractivity contribution in [1.82, 2.24) is 14.7 Å². The lowest BCUT2D eigenvalue weighted by molar-refractivity contribution is -0.385. The summed E-state index contributed by atoms with van der Waals surface area (Å²) in [5, 5.41) is 14.2. The fourth-order valence-electron chi connectivity index (χ4n) is 2.05. The summed E-state index contributed by atoms with van der Waals surface area (Å²) in [6, 6.07) is 0. The van der Waals surface area contributed by atoms with E-state index in [-0.39, 0.29) is 31.2 Å². The second-order valence-corrected chi connectivity index (χ2v) is 4.72. The summed E-state index contributed by atoms with van der Waals surface area (Å²) in [4.78, 5) is 34.8. The molecule has 21 heavy (non-hydrogen) atoms. The van der Waals surface area contributed by atoms with Gasteiger partial charge in [0.05, 0.1) is 17.9 Å². The molecule has 1 saturated heterocycles. The molecule has 0 aromatic carbocycles. The minimum absolute atomic E-state index is 0.00607. The van der Waals surface area contributed by atoms with Gasteiger partial charge in [-0.05, 0) is 12.8 Å². The number of nitrogens with zero attached hydrogens (tertiary/aromatic N) is 4. The van der Waals surface area contributed by atoms with Gasteiger partial charge < -0.3 is 9.64 Å². The fourth-order valence-corrected chi connectivity index (χ4v) is 2.05. The number of esters is 1. The molecule has 9 heteroatoms. The first-order valence-electron chi connectivity index (χ1n) is 6.66. The van der Waals surface area contributed by atoms with Crippen LogP contribution < -0.4 is 0 Å². The number of hydrogen-bond donors (Lipinski definition) is 0. The van der Waals surface area contributed by atoms with Crippen molar-refractivity contribution in [3.05, 3.63) is 22.5 Å². The van der Waals surface area contributed by atoms with E-state index in [1.807, 2.05) is 0 Å². The Kier molecular flexibility index (Phi) is 4.85. The molecule has 0 radical (unpaired) electrons. The fraction of sp³-hybridized carbons (Fsp3) is 0.583. The highest BCUT2D eigenvalue weighted by atomic mass is 16.6. The maximum absolute atomic E-state index is 11.7. The largest absolute Gasteiger partial charge is 0.456 e. The van der Waals surface area contributed by atoms with Crippen LogP contribution >= 0.6 is 0 Å². The SMILES string of the molecule is O=C(CCn1cc([N+](=O)[O-])cn1)OCC(=O)N1CCCC1. The first kappa shape index (κ1) is 14.9. The Morgan fingerprint density at radius 3 is 2.71 bits per heavy atom. The number of aromatic nitrogens is 2. The number of likely N-dealkylation sites (tertiary alicyclic amines) is 1. The lowest BCUT2D eigenvalue weighted by Crippen LogP contribution is -2.32. The molecule has 0 saturated carbocycles. The monoisotopic (exact) mass is 296 g/mol. The van der Waals surface area contributed by atoms with Crippen molar-refractivity contribution in [2.24, 2.45) is 0 Å². The van der Waals surface area contributed by atoms with Crippen LogP contribution in [0.25, 0.3) is 0 Å². The number of rotatable bonds is 6. The molecular formula is C12H16N4O5. The first-order valence-corrected chi connectivity index (χ1v) is 6.66. The maximum Gasteiger partial charge on any atom is 0.308 e. The molecule has 1 aliphatic rings. The zero-order chi connectivity index (χ0) is 15.2. The summed E-state index contributed by atoms with van der Waals surface area (Å²) in [6.45, 7) is 1.35. The summed E-state index contributed by atoms with van der Waals surface area (Å²) < 4.78 is 6.18. The Balaban J connectivity index is 1.69. The van der Waals surface area contributed by atoms with E-state index in [9.17, 15) is 19.7 Å². The molecule has 0 spiro atoms. The second kappa shape index (κ2) is 6.82. The molecular weight excluding hydrogens is 280 g/mol. The maximum atomic E-state index is 11.7. The van der Waals surface area contributed by atoms with Gasteiger partial charge in [0.2, 0.25) is 0 Å². The number of hydrogen-bond acceptors (Lipinski definition) is 6. The van der Waals surface area contributed by atoms with E-state index in [4.69, 9.17) is 4.74 Å². The van der Waals surface area contributed by atoms with Gasteiger partial charge in [0, 0.05) is 13.1 Å². The van der Waals surface area contributed by atoms with Gasteiger partial charge in [-0.1, -0.05) is 0 Å². The summed E-state index contributed by atoms with van der Waals surface area (Å²) in [5.41, 5.74) is -0.132. The Bertz CT molecular complexity index is 536. The quantitative estimate of drug-likeness (QED) is 0.426. The molecule has 0 N–H and O–H groups in total. The number of amides is 1. The van der Waals surface area contributed by atoms with E-state index in [0.717, 1.165) is 19.0 Å². The number of ether oxygens (including phenoxy) is 1. The molecule has 0 unspecified atom stereocenters. The smallest absolute Gasteiger partial charge is 0.308 e. The highest BCUT2D eigenvalue weighted by Gasteiger charge is 2.19. The lowest BCUT2D eigenvalue weighted by Gasteiger charge is -2.14. The first-order chi connectivity index (χ1) is 10.1.